The Kier molecular flexibility index (Phi) is 67.7. The van der Waals surface area contributed by atoms with E-state index in [4.69, 9.17) is 37.0 Å². The second-order valence-electron chi connectivity index (χ2n) is 27.6. The lowest BCUT2D eigenvalue weighted by Gasteiger charge is -2.21. The highest BCUT2D eigenvalue weighted by molar-refractivity contribution is 7.47. The molecule has 6 atom stereocenters. The maximum Gasteiger partial charge on any atom is 0.472 e. The van der Waals surface area contributed by atoms with Crippen LogP contribution in [0.4, 0.5) is 0 Å². The fourth-order valence-corrected chi connectivity index (χ4v) is 13.3. The van der Waals surface area contributed by atoms with Gasteiger partial charge in [-0.1, -0.05) is 349 Å². The second-order valence-corrected chi connectivity index (χ2v) is 30.5. The van der Waals surface area contributed by atoms with Gasteiger partial charge in [-0.05, 0) is 31.6 Å². The minimum Gasteiger partial charge on any atom is -0.462 e. The molecule has 95 heavy (non-hydrogen) atoms. The first kappa shape index (κ1) is 93.1. The summed E-state index contributed by atoms with van der Waals surface area (Å²) in [5.74, 6) is -1.40. The van der Waals surface area contributed by atoms with Crippen molar-refractivity contribution in [1.82, 2.24) is 0 Å². The van der Waals surface area contributed by atoms with Crippen LogP contribution in [0.1, 0.15) is 401 Å². The van der Waals surface area contributed by atoms with Crippen LogP contribution >= 0.6 is 15.6 Å². The Balaban J connectivity index is 5.18. The molecule has 0 aliphatic heterocycles. The van der Waals surface area contributed by atoms with E-state index >= 15 is 0 Å². The monoisotopic (exact) mass is 1400 g/mol. The number of phosphoric acid groups is 2. The molecule has 0 saturated heterocycles. The molecule has 0 aliphatic carbocycles. The van der Waals surface area contributed by atoms with Crippen LogP contribution in [-0.4, -0.2) is 96.7 Å². The van der Waals surface area contributed by atoms with Gasteiger partial charge in [0, 0.05) is 25.7 Å². The zero-order valence-corrected chi connectivity index (χ0v) is 63.6. The molecular formula is C76H148O17P2. The van der Waals surface area contributed by atoms with E-state index in [-0.39, 0.29) is 25.7 Å². The van der Waals surface area contributed by atoms with Crippen molar-refractivity contribution in [3.63, 3.8) is 0 Å². The van der Waals surface area contributed by atoms with Gasteiger partial charge in [-0.15, -0.1) is 0 Å². The molecule has 19 heteroatoms. The Morgan fingerprint density at radius 2 is 0.505 bits per heavy atom. The van der Waals surface area contributed by atoms with Gasteiger partial charge in [0.2, 0.25) is 0 Å². The molecule has 0 aromatic heterocycles. The number of rotatable bonds is 76. The van der Waals surface area contributed by atoms with Crippen LogP contribution in [-0.2, 0) is 65.4 Å². The predicted octanol–water partition coefficient (Wildman–Crippen LogP) is 22.5. The molecule has 0 aromatic carbocycles. The third kappa shape index (κ3) is 69.0. The van der Waals surface area contributed by atoms with E-state index in [9.17, 15) is 43.2 Å². The van der Waals surface area contributed by atoms with Gasteiger partial charge in [0.05, 0.1) is 26.4 Å². The van der Waals surface area contributed by atoms with E-state index in [2.05, 4.69) is 34.6 Å². The lowest BCUT2D eigenvalue weighted by atomic mass is 10.00. The summed E-state index contributed by atoms with van der Waals surface area (Å²) in [7, 11) is -9.90. The first-order chi connectivity index (χ1) is 46.1. The summed E-state index contributed by atoms with van der Waals surface area (Å²) in [5.41, 5.74) is 0. The van der Waals surface area contributed by atoms with Crippen LogP contribution < -0.4 is 0 Å². The smallest absolute Gasteiger partial charge is 0.462 e. The Hall–Kier alpha value is -1.94. The van der Waals surface area contributed by atoms with Crippen molar-refractivity contribution in [1.29, 1.82) is 0 Å². The highest BCUT2D eigenvalue weighted by atomic mass is 31.2. The van der Waals surface area contributed by atoms with E-state index in [0.717, 1.165) is 102 Å². The SMILES string of the molecule is CCCCCCCCCCCCCCCCCCCCCC(=O)O[C@H](COC(=O)CCCCCCCCCCCCCCCCCCCC)COP(=O)(O)OC[C@@H](O)COP(=O)(O)OC[C@@H](COC(=O)CCCCCCCCCC)OC(=O)CCCCCCCCC(C)CC. The summed E-state index contributed by atoms with van der Waals surface area (Å²) >= 11 is 0. The van der Waals surface area contributed by atoms with Crippen molar-refractivity contribution in [3.8, 4) is 0 Å². The van der Waals surface area contributed by atoms with Gasteiger partial charge < -0.3 is 33.8 Å². The summed E-state index contributed by atoms with van der Waals surface area (Å²) in [6, 6.07) is 0. The van der Waals surface area contributed by atoms with E-state index in [0.29, 0.717) is 25.7 Å². The van der Waals surface area contributed by atoms with Crippen molar-refractivity contribution in [2.24, 2.45) is 5.92 Å². The normalized spacial score (nSPS) is 14.2. The third-order valence-electron chi connectivity index (χ3n) is 18.1. The minimum atomic E-state index is -4.96. The topological polar surface area (TPSA) is 237 Å². The largest absolute Gasteiger partial charge is 0.472 e. The van der Waals surface area contributed by atoms with Crippen LogP contribution in [0, 0.1) is 5.92 Å². The van der Waals surface area contributed by atoms with Gasteiger partial charge >= 0.3 is 39.5 Å². The molecular weight excluding hydrogens is 1250 g/mol. The molecule has 0 heterocycles. The molecule has 0 aliphatic rings. The number of ether oxygens (including phenoxy) is 4. The molecule has 0 bridgehead atoms. The van der Waals surface area contributed by atoms with E-state index in [1.54, 1.807) is 0 Å². The summed E-state index contributed by atoms with van der Waals surface area (Å²) in [6.45, 7) is 7.21. The number of aliphatic hydroxyl groups is 1. The fourth-order valence-electron chi connectivity index (χ4n) is 11.7. The quantitative estimate of drug-likeness (QED) is 0.0222. The molecule has 0 rings (SSSR count). The van der Waals surface area contributed by atoms with E-state index in [1.807, 2.05) is 0 Å². The molecule has 564 valence electrons. The number of carbonyl (C=O) groups is 4. The Morgan fingerprint density at radius 1 is 0.295 bits per heavy atom. The number of hydrogen-bond acceptors (Lipinski definition) is 15. The Bertz CT molecular complexity index is 1820. The molecule has 3 unspecified atom stereocenters. The minimum absolute atomic E-state index is 0.103. The van der Waals surface area contributed by atoms with Gasteiger partial charge in [-0.25, -0.2) is 9.13 Å². The molecule has 17 nitrogen and oxygen atoms in total. The number of aliphatic hydroxyl groups excluding tert-OH is 1. The lowest BCUT2D eigenvalue weighted by molar-refractivity contribution is -0.161. The first-order valence-electron chi connectivity index (χ1n) is 39.7. The average molecular weight is 1400 g/mol. The number of unbranched alkanes of at least 4 members (excludes halogenated alkanes) is 47. The van der Waals surface area contributed by atoms with Gasteiger partial charge in [0.15, 0.2) is 12.2 Å². The van der Waals surface area contributed by atoms with Crippen molar-refractivity contribution in [2.45, 2.75) is 419 Å². The van der Waals surface area contributed by atoms with Crippen molar-refractivity contribution in [3.05, 3.63) is 0 Å². The molecule has 0 spiro atoms. The first-order valence-corrected chi connectivity index (χ1v) is 42.7. The number of esters is 4. The van der Waals surface area contributed by atoms with Crippen molar-refractivity contribution >= 4 is 39.5 Å². The standard InChI is InChI=1S/C76H148O17P2/c1-6-10-13-16-19-22-24-26-28-30-32-34-36-38-40-42-45-51-56-61-75(80)92-71(65-87-74(79)60-55-50-44-41-39-37-35-33-31-29-27-25-23-20-17-14-11-7-2)67-90-94(82,83)88-63-70(77)64-89-95(84,85)91-68-72(66-86-73(78)59-54-49-43-21-18-15-12-8-3)93-76(81)62-57-52-47-46-48-53-58-69(5)9-4/h69-72,77H,6-68H2,1-5H3,(H,82,83)(H,84,85)/t69?,70-,71-,72-/m1/s1. The maximum absolute atomic E-state index is 13.1. The average Bonchev–Trinajstić information content (AvgIpc) is 2.52. The summed E-state index contributed by atoms with van der Waals surface area (Å²) in [6.07, 6.45) is 58.5. The number of carbonyl (C=O) groups excluding carboxylic acids is 4. The maximum atomic E-state index is 13.1. The number of hydrogen-bond donors (Lipinski definition) is 3. The van der Waals surface area contributed by atoms with Crippen LogP contribution in [0.2, 0.25) is 0 Å². The molecule has 0 amide bonds. The van der Waals surface area contributed by atoms with Crippen LogP contribution in [0.15, 0.2) is 0 Å². The number of phosphoric ester groups is 2. The molecule has 0 radical (unpaired) electrons. The van der Waals surface area contributed by atoms with E-state index in [1.165, 1.54) is 218 Å². The summed E-state index contributed by atoms with van der Waals surface area (Å²) < 4.78 is 68.4. The van der Waals surface area contributed by atoms with Crippen molar-refractivity contribution < 1.29 is 80.2 Å². The van der Waals surface area contributed by atoms with Crippen molar-refractivity contribution in [2.75, 3.05) is 39.6 Å². The van der Waals surface area contributed by atoms with Gasteiger partial charge in [-0.3, -0.25) is 37.3 Å². The van der Waals surface area contributed by atoms with Gasteiger partial charge in [0.1, 0.15) is 19.3 Å². The lowest BCUT2D eigenvalue weighted by Crippen LogP contribution is -2.30. The summed E-state index contributed by atoms with van der Waals surface area (Å²) in [5, 5.41) is 10.6. The molecule has 0 saturated carbocycles. The Morgan fingerprint density at radius 3 is 0.747 bits per heavy atom. The zero-order chi connectivity index (χ0) is 69.8. The van der Waals surface area contributed by atoms with Crippen LogP contribution in [0.3, 0.4) is 0 Å². The second kappa shape index (κ2) is 69.2. The van der Waals surface area contributed by atoms with Crippen LogP contribution in [0.5, 0.6) is 0 Å². The predicted molar refractivity (Wildman–Crippen MR) is 386 cm³/mol. The van der Waals surface area contributed by atoms with Gasteiger partial charge in [-0.2, -0.15) is 0 Å². The Labute approximate surface area is 581 Å². The van der Waals surface area contributed by atoms with Gasteiger partial charge in [0.25, 0.3) is 0 Å². The molecule has 0 fully saturated rings. The third-order valence-corrected chi connectivity index (χ3v) is 20.0. The van der Waals surface area contributed by atoms with E-state index < -0.39 is 97.5 Å². The highest BCUT2D eigenvalue weighted by Gasteiger charge is 2.30. The molecule has 0 aromatic rings. The fraction of sp³-hybridized carbons (Fsp3) is 0.947. The molecule has 3 N–H and O–H groups in total. The van der Waals surface area contributed by atoms with Crippen LogP contribution in [0.25, 0.3) is 0 Å². The zero-order valence-electron chi connectivity index (χ0n) is 61.8. The summed E-state index contributed by atoms with van der Waals surface area (Å²) in [4.78, 5) is 72.7. The highest BCUT2D eigenvalue weighted by Crippen LogP contribution is 2.45.